The number of amides is 1. The summed E-state index contributed by atoms with van der Waals surface area (Å²) in [4.78, 5) is 18.5. The van der Waals surface area contributed by atoms with E-state index in [4.69, 9.17) is 4.74 Å². The average molecular weight is 377 g/mol. The molecule has 2 aromatic heterocycles. The molecule has 3 aromatic rings. The standard InChI is InChI=1S/C21H23N5O2/c27-21(11-18-7-4-9-22-12-18)25-10-8-20(14-25)26-13-19(23-24-26)16-28-15-17-5-2-1-3-6-17/h1-7,9,12-13,20H,8,10-11,14-16H2. The van der Waals surface area contributed by atoms with Gasteiger partial charge in [0.25, 0.3) is 0 Å². The van der Waals surface area contributed by atoms with Gasteiger partial charge in [-0.05, 0) is 23.6 Å². The fourth-order valence-corrected chi connectivity index (χ4v) is 3.38. The summed E-state index contributed by atoms with van der Waals surface area (Å²) >= 11 is 0. The summed E-state index contributed by atoms with van der Waals surface area (Å²) in [5.41, 5.74) is 2.87. The minimum atomic E-state index is 0.127. The van der Waals surface area contributed by atoms with E-state index in [2.05, 4.69) is 15.3 Å². The van der Waals surface area contributed by atoms with Gasteiger partial charge >= 0.3 is 0 Å². The third-order valence-corrected chi connectivity index (χ3v) is 4.89. The molecule has 1 fully saturated rings. The Morgan fingerprint density at radius 3 is 2.79 bits per heavy atom. The Bertz CT molecular complexity index is 897. The Morgan fingerprint density at radius 2 is 1.96 bits per heavy atom. The van der Waals surface area contributed by atoms with Crippen molar-refractivity contribution < 1.29 is 9.53 Å². The maximum absolute atomic E-state index is 12.5. The highest BCUT2D eigenvalue weighted by atomic mass is 16.5. The summed E-state index contributed by atoms with van der Waals surface area (Å²) in [6.07, 6.45) is 6.64. The van der Waals surface area contributed by atoms with Crippen LogP contribution in [0.2, 0.25) is 0 Å². The molecule has 4 rings (SSSR count). The minimum absolute atomic E-state index is 0.127. The van der Waals surface area contributed by atoms with E-state index in [0.717, 1.165) is 29.8 Å². The van der Waals surface area contributed by atoms with Crippen LogP contribution in [0.25, 0.3) is 0 Å². The van der Waals surface area contributed by atoms with E-state index in [-0.39, 0.29) is 11.9 Å². The molecular formula is C21H23N5O2. The number of aromatic nitrogens is 4. The zero-order valence-corrected chi connectivity index (χ0v) is 15.6. The van der Waals surface area contributed by atoms with Crippen molar-refractivity contribution in [1.82, 2.24) is 24.9 Å². The number of nitrogens with zero attached hydrogens (tertiary/aromatic N) is 5. The van der Waals surface area contributed by atoms with Gasteiger partial charge in [-0.1, -0.05) is 41.6 Å². The van der Waals surface area contributed by atoms with E-state index in [1.807, 2.05) is 58.2 Å². The number of benzene rings is 1. The summed E-state index contributed by atoms with van der Waals surface area (Å²) in [5, 5.41) is 8.45. The SMILES string of the molecule is O=C(Cc1cccnc1)N1CCC(n2cc(COCc3ccccc3)nn2)C1. The molecule has 0 N–H and O–H groups in total. The molecule has 1 saturated heterocycles. The van der Waals surface area contributed by atoms with Crippen molar-refractivity contribution in [2.24, 2.45) is 0 Å². The van der Waals surface area contributed by atoms with Crippen LogP contribution >= 0.6 is 0 Å². The molecule has 28 heavy (non-hydrogen) atoms. The number of hydrogen-bond acceptors (Lipinski definition) is 5. The van der Waals surface area contributed by atoms with E-state index in [1.165, 1.54) is 0 Å². The van der Waals surface area contributed by atoms with Gasteiger partial charge in [0.1, 0.15) is 5.69 Å². The molecule has 1 unspecified atom stereocenters. The second-order valence-corrected chi connectivity index (χ2v) is 6.99. The molecule has 1 aromatic carbocycles. The fourth-order valence-electron chi connectivity index (χ4n) is 3.38. The second-order valence-electron chi connectivity index (χ2n) is 6.99. The quantitative estimate of drug-likeness (QED) is 0.632. The van der Waals surface area contributed by atoms with Crippen molar-refractivity contribution in [3.8, 4) is 0 Å². The van der Waals surface area contributed by atoms with E-state index in [9.17, 15) is 4.79 Å². The first-order chi connectivity index (χ1) is 13.8. The van der Waals surface area contributed by atoms with Crippen LogP contribution in [0.1, 0.15) is 29.3 Å². The van der Waals surface area contributed by atoms with Crippen LogP contribution in [0.5, 0.6) is 0 Å². The highest BCUT2D eigenvalue weighted by Gasteiger charge is 2.28. The van der Waals surface area contributed by atoms with Crippen molar-refractivity contribution in [3.05, 3.63) is 77.9 Å². The topological polar surface area (TPSA) is 73.1 Å². The molecule has 144 valence electrons. The van der Waals surface area contributed by atoms with Crippen molar-refractivity contribution in [1.29, 1.82) is 0 Å². The zero-order valence-electron chi connectivity index (χ0n) is 15.6. The van der Waals surface area contributed by atoms with Crippen LogP contribution in [0.3, 0.4) is 0 Å². The van der Waals surface area contributed by atoms with Crippen LogP contribution in [-0.4, -0.2) is 43.9 Å². The molecule has 7 heteroatoms. The van der Waals surface area contributed by atoms with Gasteiger partial charge in [-0.3, -0.25) is 9.78 Å². The Labute approximate surface area is 164 Å². The van der Waals surface area contributed by atoms with Crippen LogP contribution in [0, 0.1) is 0 Å². The summed E-state index contributed by atoms with van der Waals surface area (Å²) in [5.74, 6) is 0.127. The summed E-state index contributed by atoms with van der Waals surface area (Å²) in [7, 11) is 0. The van der Waals surface area contributed by atoms with Gasteiger partial charge in [-0.15, -0.1) is 5.10 Å². The number of carbonyl (C=O) groups excluding carboxylic acids is 1. The molecule has 0 spiro atoms. The van der Waals surface area contributed by atoms with Crippen molar-refractivity contribution >= 4 is 5.91 Å². The third kappa shape index (κ3) is 4.61. The number of pyridine rings is 1. The first-order valence-corrected chi connectivity index (χ1v) is 9.47. The monoisotopic (exact) mass is 377 g/mol. The highest BCUT2D eigenvalue weighted by Crippen LogP contribution is 2.21. The predicted octanol–water partition coefficient (Wildman–Crippen LogP) is 2.41. The van der Waals surface area contributed by atoms with Crippen LogP contribution in [-0.2, 0) is 29.2 Å². The number of rotatable bonds is 7. The summed E-state index contributed by atoms with van der Waals surface area (Å²) in [6.45, 7) is 2.37. The lowest BCUT2D eigenvalue weighted by Gasteiger charge is -2.16. The molecule has 0 saturated carbocycles. The number of ether oxygens (including phenoxy) is 1. The Kier molecular flexibility index (Phi) is 5.72. The van der Waals surface area contributed by atoms with Crippen molar-refractivity contribution in [3.63, 3.8) is 0 Å². The van der Waals surface area contributed by atoms with E-state index in [0.29, 0.717) is 26.2 Å². The largest absolute Gasteiger partial charge is 0.370 e. The van der Waals surface area contributed by atoms with Gasteiger partial charge in [0, 0.05) is 25.5 Å². The Morgan fingerprint density at radius 1 is 1.11 bits per heavy atom. The fraction of sp³-hybridized carbons (Fsp3) is 0.333. The zero-order chi connectivity index (χ0) is 19.2. The summed E-state index contributed by atoms with van der Waals surface area (Å²) in [6, 6.07) is 14.0. The smallest absolute Gasteiger partial charge is 0.227 e. The molecule has 0 aliphatic carbocycles. The first-order valence-electron chi connectivity index (χ1n) is 9.47. The first kappa shape index (κ1) is 18.3. The molecule has 1 aliphatic heterocycles. The van der Waals surface area contributed by atoms with Crippen molar-refractivity contribution in [2.75, 3.05) is 13.1 Å². The van der Waals surface area contributed by atoms with Gasteiger partial charge in [0.05, 0.1) is 31.9 Å². The van der Waals surface area contributed by atoms with Crippen molar-refractivity contribution in [2.45, 2.75) is 32.1 Å². The lowest BCUT2D eigenvalue weighted by molar-refractivity contribution is -0.129. The Hall–Kier alpha value is -3.06. The lowest BCUT2D eigenvalue weighted by atomic mass is 10.2. The van der Waals surface area contributed by atoms with E-state index in [1.54, 1.807) is 12.4 Å². The van der Waals surface area contributed by atoms with Crippen LogP contribution in [0.4, 0.5) is 0 Å². The molecule has 3 heterocycles. The number of hydrogen-bond donors (Lipinski definition) is 0. The third-order valence-electron chi connectivity index (χ3n) is 4.89. The maximum atomic E-state index is 12.5. The van der Waals surface area contributed by atoms with Gasteiger partial charge in [0.2, 0.25) is 5.91 Å². The molecule has 1 amide bonds. The molecule has 0 radical (unpaired) electrons. The van der Waals surface area contributed by atoms with Crippen LogP contribution in [0.15, 0.2) is 61.1 Å². The average Bonchev–Trinajstić information content (AvgIpc) is 3.39. The number of carbonyl (C=O) groups is 1. The maximum Gasteiger partial charge on any atom is 0.227 e. The highest BCUT2D eigenvalue weighted by molar-refractivity contribution is 5.79. The molecule has 0 bridgehead atoms. The van der Waals surface area contributed by atoms with E-state index >= 15 is 0 Å². The van der Waals surface area contributed by atoms with E-state index < -0.39 is 0 Å². The molecular weight excluding hydrogens is 354 g/mol. The normalized spacial score (nSPS) is 16.4. The molecule has 1 atom stereocenters. The van der Waals surface area contributed by atoms with Crippen LogP contribution < -0.4 is 0 Å². The molecule has 7 nitrogen and oxygen atoms in total. The van der Waals surface area contributed by atoms with Gasteiger partial charge in [0.15, 0.2) is 0 Å². The molecule has 1 aliphatic rings. The lowest BCUT2D eigenvalue weighted by Crippen LogP contribution is -2.30. The van der Waals surface area contributed by atoms with Gasteiger partial charge < -0.3 is 9.64 Å². The predicted molar refractivity (Wildman–Crippen MR) is 103 cm³/mol. The van der Waals surface area contributed by atoms with Gasteiger partial charge in [-0.25, -0.2) is 4.68 Å². The summed E-state index contributed by atoms with van der Waals surface area (Å²) < 4.78 is 7.58. The number of likely N-dealkylation sites (tertiary alicyclic amines) is 1. The van der Waals surface area contributed by atoms with Gasteiger partial charge in [-0.2, -0.15) is 0 Å². The minimum Gasteiger partial charge on any atom is -0.370 e. The second kappa shape index (κ2) is 8.75. The Balaban J connectivity index is 1.27.